The van der Waals surface area contributed by atoms with Crippen molar-refractivity contribution >= 4 is 57.7 Å². The summed E-state index contributed by atoms with van der Waals surface area (Å²) in [6.07, 6.45) is 9.12. The number of hydrogen-bond donors (Lipinski definition) is 6. The lowest BCUT2D eigenvalue weighted by molar-refractivity contribution is -0.123. The van der Waals surface area contributed by atoms with Crippen molar-refractivity contribution in [3.63, 3.8) is 0 Å². The molecule has 3 aliphatic heterocycles. The first kappa shape index (κ1) is 54.8. The SMILES string of the molecule is CC(C)n1cnc2c(NCc3ccc(-c4ccccc4)cc3)nc(N3CCC(C(N)=O)CC3)nc21.CC(C)n1cnc2c(NCc3ccc(-c4ccccc4)cc3)nc(N3CCC(CN)CC3)nc21.NC(=O)C1CCNCC1. The molecule has 0 radical (unpaired) electrons. The van der Waals surface area contributed by atoms with Crippen LogP contribution in [0.25, 0.3) is 44.6 Å². The minimum atomic E-state index is -0.223. The van der Waals surface area contributed by atoms with E-state index in [4.69, 9.17) is 37.1 Å². The Balaban J connectivity index is 0.000000163. The van der Waals surface area contributed by atoms with Crippen LogP contribution in [0, 0.1) is 17.8 Å². The number of nitrogens with two attached hydrogens (primary N) is 3. The van der Waals surface area contributed by atoms with Gasteiger partial charge < -0.3 is 52.1 Å². The third kappa shape index (κ3) is 13.6. The average molecular weight is 1050 g/mol. The van der Waals surface area contributed by atoms with Crippen LogP contribution in [0.15, 0.2) is 122 Å². The maximum atomic E-state index is 11.6. The van der Waals surface area contributed by atoms with Crippen LogP contribution >= 0.6 is 0 Å². The number of imidazole rings is 2. The standard InChI is InChI=1S/C27H31N7O.C27H33N7.C6H12N2O/c1-18(2)34-17-30-23-25(29-16-19-8-10-21(11-9-19)20-6-4-3-5-7-20)31-27(32-26(23)34)33-14-12-22(13-15-33)24(28)35;1-19(2)34-18-30-24-25(31-27(32-26(24)34)33-14-12-20(16-28)13-15-33)29-17-21-8-10-23(11-9-21)22-6-4-3-5-7-22;7-6(9)5-1-3-8-4-2-5/h3-11,17-18,22H,12-16H2,1-2H3,(H2,28,35)(H,29,31,32);3-11,18-20H,12-17,28H2,1-2H3,(H,29,31,32);5,8H,1-4H2,(H2,7,9). The number of nitrogens with one attached hydrogen (secondary N) is 3. The second kappa shape index (κ2) is 25.9. The highest BCUT2D eigenvalue weighted by molar-refractivity contribution is 5.86. The van der Waals surface area contributed by atoms with E-state index in [9.17, 15) is 9.59 Å². The van der Waals surface area contributed by atoms with Crippen LogP contribution in [0.2, 0.25) is 0 Å². The van der Waals surface area contributed by atoms with E-state index < -0.39 is 0 Å². The molecular weight excluding hydrogens is 977 g/mol. The summed E-state index contributed by atoms with van der Waals surface area (Å²) in [5, 5.41) is 10.2. The van der Waals surface area contributed by atoms with Gasteiger partial charge >= 0.3 is 0 Å². The smallest absolute Gasteiger partial charge is 0.229 e. The molecule has 4 aromatic carbocycles. The van der Waals surface area contributed by atoms with Crippen LogP contribution in [0.4, 0.5) is 23.5 Å². The molecule has 0 unspecified atom stereocenters. The summed E-state index contributed by atoms with van der Waals surface area (Å²) in [4.78, 5) is 55.4. The van der Waals surface area contributed by atoms with E-state index in [1.807, 2.05) is 24.8 Å². The number of hydrogen-bond acceptors (Lipinski definition) is 14. The number of piperidine rings is 3. The highest BCUT2D eigenvalue weighted by atomic mass is 16.1. The molecule has 0 bridgehead atoms. The maximum Gasteiger partial charge on any atom is 0.229 e. The number of anilines is 4. The first-order chi connectivity index (χ1) is 37.9. The molecule has 8 aromatic rings. The van der Waals surface area contributed by atoms with Gasteiger partial charge in [0.05, 0.1) is 12.7 Å². The highest BCUT2D eigenvalue weighted by Gasteiger charge is 2.27. The number of benzene rings is 4. The van der Waals surface area contributed by atoms with Gasteiger partial charge in [0, 0.05) is 63.2 Å². The monoisotopic (exact) mass is 1050 g/mol. The predicted molar refractivity (Wildman–Crippen MR) is 313 cm³/mol. The molecule has 0 spiro atoms. The largest absolute Gasteiger partial charge is 0.369 e. The van der Waals surface area contributed by atoms with Gasteiger partial charge in [-0.05, 0) is 125 Å². The van der Waals surface area contributed by atoms with Crippen LogP contribution in [-0.2, 0) is 22.7 Å². The summed E-state index contributed by atoms with van der Waals surface area (Å²) in [5.41, 5.74) is 27.0. The number of rotatable bonds is 15. The zero-order chi connectivity index (χ0) is 54.5. The Hall–Kier alpha value is -7.96. The van der Waals surface area contributed by atoms with Crippen molar-refractivity contribution in [1.29, 1.82) is 0 Å². The number of amides is 2. The Morgan fingerprint density at radius 1 is 0.538 bits per heavy atom. The number of carbonyl (C=O) groups is 2. The van der Waals surface area contributed by atoms with E-state index in [-0.39, 0.29) is 35.7 Å². The normalized spacial score (nSPS) is 15.5. The molecule has 2 amide bonds. The van der Waals surface area contributed by atoms with Gasteiger partial charge in [0.15, 0.2) is 34.0 Å². The first-order valence-corrected chi connectivity index (χ1v) is 27.7. The minimum Gasteiger partial charge on any atom is -0.369 e. The summed E-state index contributed by atoms with van der Waals surface area (Å²) >= 11 is 0. The van der Waals surface area contributed by atoms with Gasteiger partial charge in [-0.3, -0.25) is 9.59 Å². The van der Waals surface area contributed by atoms with E-state index in [1.54, 1.807) is 0 Å². The van der Waals surface area contributed by atoms with Gasteiger partial charge in [-0.15, -0.1) is 0 Å². The topological polar surface area (TPSA) is 242 Å². The lowest BCUT2D eigenvalue weighted by atomic mass is 9.96. The van der Waals surface area contributed by atoms with E-state index in [2.05, 4.69) is 170 Å². The Labute approximate surface area is 457 Å². The molecule has 7 heterocycles. The van der Waals surface area contributed by atoms with Crippen molar-refractivity contribution in [1.82, 2.24) is 44.4 Å². The zero-order valence-electron chi connectivity index (χ0n) is 45.6. The van der Waals surface area contributed by atoms with Crippen LogP contribution < -0.4 is 43.0 Å². The Kier molecular flexibility index (Phi) is 18.2. The van der Waals surface area contributed by atoms with E-state index in [1.165, 1.54) is 27.8 Å². The van der Waals surface area contributed by atoms with Crippen molar-refractivity contribution in [2.45, 2.75) is 91.4 Å². The number of carbonyl (C=O) groups excluding carboxylic acids is 2. The molecule has 0 aliphatic carbocycles. The molecule has 3 aliphatic rings. The third-order valence-corrected chi connectivity index (χ3v) is 15.1. The quantitative estimate of drug-likeness (QED) is 0.0563. The summed E-state index contributed by atoms with van der Waals surface area (Å²) in [6, 6.07) is 38.5. The summed E-state index contributed by atoms with van der Waals surface area (Å²) < 4.78 is 4.18. The summed E-state index contributed by atoms with van der Waals surface area (Å²) in [6.45, 7) is 15.7. The van der Waals surface area contributed by atoms with Crippen molar-refractivity contribution < 1.29 is 9.59 Å². The third-order valence-electron chi connectivity index (χ3n) is 15.1. The molecule has 4 aromatic heterocycles. The van der Waals surface area contributed by atoms with Gasteiger partial charge in [-0.25, -0.2) is 9.97 Å². The molecule has 18 nitrogen and oxygen atoms in total. The minimum absolute atomic E-state index is 0.0763. The van der Waals surface area contributed by atoms with Gasteiger partial charge in [0.25, 0.3) is 0 Å². The molecule has 408 valence electrons. The number of nitrogens with zero attached hydrogens (tertiary/aromatic N) is 10. The van der Waals surface area contributed by atoms with Gasteiger partial charge in [-0.1, -0.05) is 109 Å². The second-order valence-corrected chi connectivity index (χ2v) is 21.2. The van der Waals surface area contributed by atoms with Crippen LogP contribution in [0.3, 0.4) is 0 Å². The Morgan fingerprint density at radius 2 is 0.923 bits per heavy atom. The van der Waals surface area contributed by atoms with E-state index in [0.29, 0.717) is 43.9 Å². The fourth-order valence-electron chi connectivity index (χ4n) is 10.2. The molecule has 3 saturated heterocycles. The fraction of sp³-hybridized carbons (Fsp3) is 0.400. The lowest BCUT2D eigenvalue weighted by Gasteiger charge is -2.31. The molecule has 3 fully saturated rings. The molecule has 0 atom stereocenters. The van der Waals surface area contributed by atoms with Crippen LogP contribution in [-0.4, -0.2) is 96.7 Å². The fourth-order valence-corrected chi connectivity index (χ4v) is 10.2. The van der Waals surface area contributed by atoms with Crippen molar-refractivity contribution in [3.8, 4) is 22.3 Å². The predicted octanol–water partition coefficient (Wildman–Crippen LogP) is 8.72. The Morgan fingerprint density at radius 3 is 1.29 bits per heavy atom. The molecular formula is C60H76N16O2. The number of fused-ring (bicyclic) bond motifs is 2. The molecule has 0 saturated carbocycles. The van der Waals surface area contributed by atoms with Crippen molar-refractivity contribution in [2.24, 2.45) is 35.0 Å². The van der Waals surface area contributed by atoms with Crippen LogP contribution in [0.1, 0.15) is 89.4 Å². The molecule has 78 heavy (non-hydrogen) atoms. The maximum absolute atomic E-state index is 11.6. The van der Waals surface area contributed by atoms with Crippen LogP contribution in [0.5, 0.6) is 0 Å². The summed E-state index contributed by atoms with van der Waals surface area (Å²) in [7, 11) is 0. The average Bonchev–Trinajstić information content (AvgIpc) is 4.28. The van der Waals surface area contributed by atoms with Gasteiger partial charge in [0.2, 0.25) is 23.7 Å². The first-order valence-electron chi connectivity index (χ1n) is 27.7. The lowest BCUT2D eigenvalue weighted by Crippen LogP contribution is -2.39. The van der Waals surface area contributed by atoms with Gasteiger partial charge in [-0.2, -0.15) is 19.9 Å². The van der Waals surface area contributed by atoms with Gasteiger partial charge in [0.1, 0.15) is 0 Å². The van der Waals surface area contributed by atoms with Crippen molar-refractivity contribution in [2.75, 3.05) is 66.2 Å². The number of primary amides is 2. The van der Waals surface area contributed by atoms with E-state index >= 15 is 0 Å². The van der Waals surface area contributed by atoms with Crippen molar-refractivity contribution in [3.05, 3.63) is 133 Å². The molecule has 9 N–H and O–H groups in total. The number of aromatic nitrogens is 8. The highest BCUT2D eigenvalue weighted by Crippen LogP contribution is 2.31. The Bertz CT molecular complexity index is 3190. The zero-order valence-corrected chi connectivity index (χ0v) is 45.6. The second-order valence-electron chi connectivity index (χ2n) is 21.2. The molecule has 11 rings (SSSR count). The van der Waals surface area contributed by atoms with E-state index in [0.717, 1.165) is 111 Å². The summed E-state index contributed by atoms with van der Waals surface area (Å²) in [5.74, 6) is 3.21. The molecule has 18 heteroatoms.